The van der Waals surface area contributed by atoms with Gasteiger partial charge in [-0.1, -0.05) is 36.4 Å². The van der Waals surface area contributed by atoms with Crippen molar-refractivity contribution in [3.63, 3.8) is 0 Å². The van der Waals surface area contributed by atoms with E-state index in [1.807, 2.05) is 0 Å². The van der Waals surface area contributed by atoms with E-state index in [0.29, 0.717) is 5.88 Å². The van der Waals surface area contributed by atoms with Crippen LogP contribution in [-0.4, -0.2) is 17.3 Å². The molecule has 2 rings (SSSR count). The quantitative estimate of drug-likeness (QED) is 0.714. The van der Waals surface area contributed by atoms with Crippen LogP contribution < -0.4 is 0 Å². The van der Waals surface area contributed by atoms with Gasteiger partial charge in [0.2, 0.25) is 0 Å². The van der Waals surface area contributed by atoms with E-state index in [2.05, 4.69) is 52.7 Å². The zero-order chi connectivity index (χ0) is 11.9. The number of thiophene rings is 1. The van der Waals surface area contributed by atoms with Crippen LogP contribution in [-0.2, 0) is 13.1 Å². The maximum Gasteiger partial charge on any atom is 0.0351 e. The molecule has 0 radical (unpaired) electrons. The van der Waals surface area contributed by atoms with Gasteiger partial charge in [0.25, 0.3) is 0 Å². The Hall–Kier alpha value is -0.540. The molecule has 4 heteroatoms. The van der Waals surface area contributed by atoms with Gasteiger partial charge >= 0.3 is 0 Å². The summed E-state index contributed by atoms with van der Waals surface area (Å²) in [6.07, 6.45) is 0. The van der Waals surface area contributed by atoms with Crippen molar-refractivity contribution in [2.75, 3.05) is 12.4 Å². The molecule has 18 heavy (non-hydrogen) atoms. The van der Waals surface area contributed by atoms with Crippen molar-refractivity contribution in [2.24, 2.45) is 0 Å². The van der Waals surface area contributed by atoms with Crippen molar-refractivity contribution in [3.8, 4) is 0 Å². The van der Waals surface area contributed by atoms with Crippen molar-refractivity contribution in [2.45, 2.75) is 13.1 Å². The molecule has 1 heterocycles. The predicted octanol–water partition coefficient (Wildman–Crippen LogP) is 4.41. The van der Waals surface area contributed by atoms with Crippen LogP contribution in [0.15, 0.2) is 47.8 Å². The third-order valence-corrected chi connectivity index (χ3v) is 3.64. The Morgan fingerprint density at radius 2 is 1.78 bits per heavy atom. The Bertz CT molecular complexity index is 417. The summed E-state index contributed by atoms with van der Waals surface area (Å²) in [7, 11) is 0. The molecule has 0 atom stereocenters. The lowest BCUT2D eigenvalue weighted by Gasteiger charge is -2.20. The SMILES string of the molecule is Cl.ClCCN(Cc1ccccc1)Cc1cccs1. The van der Waals surface area contributed by atoms with Gasteiger partial charge in [0.15, 0.2) is 0 Å². The van der Waals surface area contributed by atoms with Crippen molar-refractivity contribution in [1.82, 2.24) is 4.90 Å². The largest absolute Gasteiger partial charge is 0.293 e. The molecular formula is C14H17Cl2NS. The highest BCUT2D eigenvalue weighted by Crippen LogP contribution is 2.14. The van der Waals surface area contributed by atoms with E-state index in [4.69, 9.17) is 11.6 Å². The Morgan fingerprint density at radius 3 is 2.39 bits per heavy atom. The lowest BCUT2D eigenvalue weighted by molar-refractivity contribution is 0.275. The Kier molecular flexibility index (Phi) is 7.36. The minimum atomic E-state index is 0. The van der Waals surface area contributed by atoms with Gasteiger partial charge in [-0.3, -0.25) is 4.90 Å². The maximum atomic E-state index is 5.86. The predicted molar refractivity (Wildman–Crippen MR) is 82.8 cm³/mol. The Labute approximate surface area is 124 Å². The van der Waals surface area contributed by atoms with Crippen LogP contribution in [0.25, 0.3) is 0 Å². The van der Waals surface area contributed by atoms with Gasteiger partial charge in [0.05, 0.1) is 0 Å². The molecule has 0 saturated carbocycles. The minimum Gasteiger partial charge on any atom is -0.293 e. The van der Waals surface area contributed by atoms with E-state index in [-0.39, 0.29) is 12.4 Å². The summed E-state index contributed by atoms with van der Waals surface area (Å²) in [5.74, 6) is 0.679. The summed E-state index contributed by atoms with van der Waals surface area (Å²) in [4.78, 5) is 3.78. The summed E-state index contributed by atoms with van der Waals surface area (Å²) >= 11 is 7.67. The van der Waals surface area contributed by atoms with Gasteiger partial charge in [-0.05, 0) is 17.0 Å². The highest BCUT2D eigenvalue weighted by Gasteiger charge is 2.06. The highest BCUT2D eigenvalue weighted by molar-refractivity contribution is 7.09. The van der Waals surface area contributed by atoms with Crippen molar-refractivity contribution in [1.29, 1.82) is 0 Å². The summed E-state index contributed by atoms with van der Waals surface area (Å²) in [5, 5.41) is 2.12. The molecule has 0 N–H and O–H groups in total. The van der Waals surface area contributed by atoms with Crippen LogP contribution >= 0.6 is 35.3 Å². The van der Waals surface area contributed by atoms with Crippen LogP contribution in [0.5, 0.6) is 0 Å². The normalized spacial score (nSPS) is 10.3. The number of hydrogen-bond acceptors (Lipinski definition) is 2. The highest BCUT2D eigenvalue weighted by atomic mass is 35.5. The molecule has 0 aliphatic carbocycles. The van der Waals surface area contributed by atoms with E-state index in [1.54, 1.807) is 11.3 Å². The second kappa shape index (κ2) is 8.54. The molecule has 1 aromatic heterocycles. The first-order valence-electron chi connectivity index (χ1n) is 5.73. The van der Waals surface area contributed by atoms with Crippen LogP contribution in [0.3, 0.4) is 0 Å². The molecule has 0 aliphatic heterocycles. The van der Waals surface area contributed by atoms with Gasteiger partial charge in [0.1, 0.15) is 0 Å². The van der Waals surface area contributed by atoms with Crippen LogP contribution in [0.1, 0.15) is 10.4 Å². The fourth-order valence-electron chi connectivity index (χ4n) is 1.80. The molecule has 0 aliphatic rings. The first-order valence-corrected chi connectivity index (χ1v) is 7.14. The lowest BCUT2D eigenvalue weighted by atomic mass is 10.2. The molecule has 0 bridgehead atoms. The minimum absolute atomic E-state index is 0. The molecule has 0 fully saturated rings. The van der Waals surface area contributed by atoms with Crippen LogP contribution in [0.4, 0.5) is 0 Å². The third kappa shape index (κ3) is 4.99. The van der Waals surface area contributed by atoms with Gasteiger partial charge in [-0.25, -0.2) is 0 Å². The molecule has 1 aromatic carbocycles. The van der Waals surface area contributed by atoms with Crippen molar-refractivity contribution >= 4 is 35.3 Å². The zero-order valence-electron chi connectivity index (χ0n) is 10.1. The van der Waals surface area contributed by atoms with E-state index in [0.717, 1.165) is 19.6 Å². The van der Waals surface area contributed by atoms with E-state index in [9.17, 15) is 0 Å². The third-order valence-electron chi connectivity index (χ3n) is 2.61. The van der Waals surface area contributed by atoms with Crippen LogP contribution in [0.2, 0.25) is 0 Å². The number of hydrogen-bond donors (Lipinski definition) is 0. The number of nitrogens with zero attached hydrogens (tertiary/aromatic N) is 1. The number of alkyl halides is 1. The fraction of sp³-hybridized carbons (Fsp3) is 0.286. The molecular weight excluding hydrogens is 285 g/mol. The number of benzene rings is 1. The van der Waals surface area contributed by atoms with E-state index in [1.165, 1.54) is 10.4 Å². The summed E-state index contributed by atoms with van der Waals surface area (Å²) in [5.41, 5.74) is 1.34. The monoisotopic (exact) mass is 301 g/mol. The lowest BCUT2D eigenvalue weighted by Crippen LogP contribution is -2.24. The number of rotatable bonds is 6. The fourth-order valence-corrected chi connectivity index (χ4v) is 2.78. The standard InChI is InChI=1S/C14H16ClNS.ClH/c15-8-9-16(12-14-7-4-10-17-14)11-13-5-2-1-3-6-13;/h1-7,10H,8-9,11-12H2;1H. The number of halogens is 2. The Morgan fingerprint density at radius 1 is 1.00 bits per heavy atom. The smallest absolute Gasteiger partial charge is 0.0351 e. The van der Waals surface area contributed by atoms with E-state index >= 15 is 0 Å². The Balaban J connectivity index is 0.00000162. The molecule has 2 aromatic rings. The van der Waals surface area contributed by atoms with Crippen LogP contribution in [0, 0.1) is 0 Å². The second-order valence-corrected chi connectivity index (χ2v) is 5.37. The first kappa shape index (κ1) is 15.5. The molecule has 0 amide bonds. The molecule has 0 spiro atoms. The summed E-state index contributed by atoms with van der Waals surface area (Å²) < 4.78 is 0. The first-order chi connectivity index (χ1) is 8.38. The second-order valence-electron chi connectivity index (χ2n) is 3.96. The molecule has 98 valence electrons. The summed E-state index contributed by atoms with van der Waals surface area (Å²) in [6, 6.07) is 14.8. The zero-order valence-corrected chi connectivity index (χ0v) is 12.5. The maximum absolute atomic E-state index is 5.86. The molecule has 0 saturated heterocycles. The van der Waals surface area contributed by atoms with Gasteiger partial charge in [-0.2, -0.15) is 0 Å². The van der Waals surface area contributed by atoms with Crippen molar-refractivity contribution in [3.05, 3.63) is 58.3 Å². The van der Waals surface area contributed by atoms with E-state index < -0.39 is 0 Å². The van der Waals surface area contributed by atoms with Gasteiger partial charge in [0, 0.05) is 30.4 Å². The molecule has 0 unspecified atom stereocenters. The summed E-state index contributed by atoms with van der Waals surface area (Å²) in [6.45, 7) is 2.87. The average molecular weight is 302 g/mol. The van der Waals surface area contributed by atoms with Gasteiger partial charge < -0.3 is 0 Å². The van der Waals surface area contributed by atoms with Crippen molar-refractivity contribution < 1.29 is 0 Å². The van der Waals surface area contributed by atoms with Gasteiger partial charge in [-0.15, -0.1) is 35.3 Å². The molecule has 1 nitrogen and oxygen atoms in total. The topological polar surface area (TPSA) is 3.24 Å². The average Bonchev–Trinajstić information content (AvgIpc) is 2.83.